The van der Waals surface area contributed by atoms with Crippen molar-refractivity contribution in [2.75, 3.05) is 6.61 Å². The number of benzene rings is 1. The number of carbonyl (C=O) groups is 2. The molecule has 20 heavy (non-hydrogen) atoms. The minimum atomic E-state index is -1.27. The van der Waals surface area contributed by atoms with Gasteiger partial charge in [-0.1, -0.05) is 19.1 Å². The number of carbonyl (C=O) groups excluding carboxylic acids is 1. The molecule has 0 aliphatic rings. The largest absolute Gasteiger partial charge is 0.494 e. The number of amides is 1. The van der Waals surface area contributed by atoms with Crippen LogP contribution in [-0.2, 0) is 16.0 Å². The van der Waals surface area contributed by atoms with Crippen molar-refractivity contribution in [3.63, 3.8) is 0 Å². The van der Waals surface area contributed by atoms with E-state index >= 15 is 0 Å². The van der Waals surface area contributed by atoms with Crippen LogP contribution in [0.25, 0.3) is 0 Å². The number of aliphatic carboxylic acids is 1. The number of carboxylic acids is 1. The van der Waals surface area contributed by atoms with Crippen LogP contribution in [0, 0.1) is 0 Å². The Morgan fingerprint density at radius 2 is 2.05 bits per heavy atom. The van der Waals surface area contributed by atoms with Crippen LogP contribution >= 0.6 is 0 Å². The molecule has 110 valence electrons. The van der Waals surface area contributed by atoms with Gasteiger partial charge in [-0.3, -0.25) is 4.79 Å². The molecule has 0 saturated carbocycles. The van der Waals surface area contributed by atoms with E-state index in [9.17, 15) is 9.59 Å². The van der Waals surface area contributed by atoms with E-state index in [2.05, 4.69) is 5.32 Å². The molecular weight excluding hydrogens is 258 g/mol. The van der Waals surface area contributed by atoms with E-state index in [4.69, 9.17) is 9.84 Å². The van der Waals surface area contributed by atoms with Gasteiger partial charge in [-0.2, -0.15) is 0 Å². The lowest BCUT2D eigenvalue weighted by Gasteiger charge is -2.21. The van der Waals surface area contributed by atoms with Crippen LogP contribution < -0.4 is 10.1 Å². The van der Waals surface area contributed by atoms with E-state index in [1.54, 1.807) is 6.07 Å². The van der Waals surface area contributed by atoms with Crippen LogP contribution in [-0.4, -0.2) is 29.1 Å². The smallest absolute Gasteiger partial charge is 0.328 e. The molecule has 0 aromatic heterocycles. The zero-order chi connectivity index (χ0) is 15.2. The Morgan fingerprint density at radius 3 is 2.65 bits per heavy atom. The van der Waals surface area contributed by atoms with Gasteiger partial charge in [-0.05, 0) is 38.0 Å². The van der Waals surface area contributed by atoms with Crippen molar-refractivity contribution in [3.05, 3.63) is 29.8 Å². The van der Waals surface area contributed by atoms with Gasteiger partial charge in [0.25, 0.3) is 0 Å². The van der Waals surface area contributed by atoms with Crippen molar-refractivity contribution in [2.24, 2.45) is 0 Å². The van der Waals surface area contributed by atoms with E-state index in [1.807, 2.05) is 25.1 Å². The maximum absolute atomic E-state index is 11.8. The molecule has 1 rings (SSSR count). The Kier molecular flexibility index (Phi) is 5.55. The van der Waals surface area contributed by atoms with Gasteiger partial charge < -0.3 is 15.2 Å². The fraction of sp³-hybridized carbons (Fsp3) is 0.467. The molecule has 0 heterocycles. The summed E-state index contributed by atoms with van der Waals surface area (Å²) in [6, 6.07) is 7.25. The lowest BCUT2D eigenvalue weighted by Crippen LogP contribution is -2.50. The minimum Gasteiger partial charge on any atom is -0.494 e. The second kappa shape index (κ2) is 6.93. The van der Waals surface area contributed by atoms with Gasteiger partial charge >= 0.3 is 5.97 Å². The summed E-state index contributed by atoms with van der Waals surface area (Å²) in [6.45, 7) is 5.55. The first-order valence-electron chi connectivity index (χ1n) is 6.61. The zero-order valence-corrected chi connectivity index (χ0v) is 12.1. The first kappa shape index (κ1) is 16.0. The number of carboxylic acid groups (broad SMARTS) is 1. The molecule has 5 nitrogen and oxygen atoms in total. The topological polar surface area (TPSA) is 75.6 Å². The molecule has 5 heteroatoms. The van der Waals surface area contributed by atoms with Gasteiger partial charge in [0.2, 0.25) is 5.91 Å². The lowest BCUT2D eigenvalue weighted by atomic mass is 10.0. The van der Waals surface area contributed by atoms with Crippen molar-refractivity contribution in [1.29, 1.82) is 0 Å². The second-order valence-corrected chi connectivity index (χ2v) is 5.15. The molecule has 0 radical (unpaired) electrons. The highest BCUT2D eigenvalue weighted by Gasteiger charge is 2.28. The molecule has 0 spiro atoms. The first-order chi connectivity index (χ1) is 9.35. The maximum Gasteiger partial charge on any atom is 0.328 e. The van der Waals surface area contributed by atoms with Crippen LogP contribution in [0.3, 0.4) is 0 Å². The molecule has 1 aromatic rings. The van der Waals surface area contributed by atoms with E-state index in [0.29, 0.717) is 6.61 Å². The predicted molar refractivity (Wildman–Crippen MR) is 75.8 cm³/mol. The van der Waals surface area contributed by atoms with Crippen LogP contribution in [0.15, 0.2) is 24.3 Å². The molecule has 0 aliphatic carbocycles. The van der Waals surface area contributed by atoms with Crippen molar-refractivity contribution in [1.82, 2.24) is 5.32 Å². The minimum absolute atomic E-state index is 0.125. The number of nitrogens with one attached hydrogen (secondary N) is 1. The molecule has 0 atom stereocenters. The molecule has 0 unspecified atom stereocenters. The fourth-order valence-electron chi connectivity index (χ4n) is 1.60. The Hall–Kier alpha value is -2.04. The summed E-state index contributed by atoms with van der Waals surface area (Å²) in [4.78, 5) is 22.8. The highest BCUT2D eigenvalue weighted by molar-refractivity contribution is 5.87. The van der Waals surface area contributed by atoms with E-state index in [0.717, 1.165) is 17.7 Å². The monoisotopic (exact) mass is 279 g/mol. The van der Waals surface area contributed by atoms with E-state index in [-0.39, 0.29) is 12.3 Å². The summed E-state index contributed by atoms with van der Waals surface area (Å²) < 4.78 is 5.49. The maximum atomic E-state index is 11.8. The van der Waals surface area contributed by atoms with Crippen molar-refractivity contribution in [3.8, 4) is 5.75 Å². The first-order valence-corrected chi connectivity index (χ1v) is 6.61. The number of hydrogen-bond acceptors (Lipinski definition) is 3. The molecule has 0 fully saturated rings. The fourth-order valence-corrected chi connectivity index (χ4v) is 1.60. The predicted octanol–water partition coefficient (Wildman–Crippen LogP) is 2.00. The normalized spacial score (nSPS) is 10.9. The average molecular weight is 279 g/mol. The molecule has 0 aliphatic heterocycles. The van der Waals surface area contributed by atoms with Gasteiger partial charge in [0, 0.05) is 0 Å². The number of ether oxygens (including phenoxy) is 1. The molecule has 0 saturated heterocycles. The molecule has 1 amide bonds. The number of rotatable bonds is 7. The van der Waals surface area contributed by atoms with Crippen molar-refractivity contribution >= 4 is 11.9 Å². The SMILES string of the molecule is CCCOc1cccc(CC(=O)NC(C)(C)C(=O)O)c1. The van der Waals surface area contributed by atoms with E-state index in [1.165, 1.54) is 13.8 Å². The standard InChI is InChI=1S/C15H21NO4/c1-4-8-20-12-7-5-6-11(9-12)10-13(17)16-15(2,3)14(18)19/h5-7,9H,4,8,10H2,1-3H3,(H,16,17)(H,18,19). The summed E-state index contributed by atoms with van der Waals surface area (Å²) in [6.07, 6.45) is 1.04. The van der Waals surface area contributed by atoms with Gasteiger partial charge in [-0.25, -0.2) is 4.79 Å². The highest BCUT2D eigenvalue weighted by Crippen LogP contribution is 2.14. The van der Waals surface area contributed by atoms with Gasteiger partial charge in [0.05, 0.1) is 13.0 Å². The zero-order valence-electron chi connectivity index (χ0n) is 12.1. The van der Waals surface area contributed by atoms with Crippen LogP contribution in [0.5, 0.6) is 5.75 Å². The summed E-state index contributed by atoms with van der Waals surface area (Å²) in [7, 11) is 0. The second-order valence-electron chi connectivity index (χ2n) is 5.15. The molecule has 1 aromatic carbocycles. The highest BCUT2D eigenvalue weighted by atomic mass is 16.5. The Morgan fingerprint density at radius 1 is 1.35 bits per heavy atom. The van der Waals surface area contributed by atoms with Crippen LogP contribution in [0.2, 0.25) is 0 Å². The third-order valence-electron chi connectivity index (χ3n) is 2.72. The third kappa shape index (κ3) is 4.91. The summed E-state index contributed by atoms with van der Waals surface area (Å²) in [5, 5.41) is 11.5. The van der Waals surface area contributed by atoms with Gasteiger partial charge in [0.15, 0.2) is 0 Å². The van der Waals surface area contributed by atoms with Crippen LogP contribution in [0.1, 0.15) is 32.8 Å². The molecule has 2 N–H and O–H groups in total. The van der Waals surface area contributed by atoms with Crippen molar-refractivity contribution in [2.45, 2.75) is 39.2 Å². The summed E-state index contributed by atoms with van der Waals surface area (Å²) in [5.41, 5.74) is -0.481. The molecule has 0 bridgehead atoms. The Labute approximate surface area is 118 Å². The Balaban J connectivity index is 2.64. The Bertz CT molecular complexity index is 483. The van der Waals surface area contributed by atoms with Crippen LogP contribution in [0.4, 0.5) is 0 Å². The summed E-state index contributed by atoms with van der Waals surface area (Å²) in [5.74, 6) is -0.675. The van der Waals surface area contributed by atoms with E-state index < -0.39 is 11.5 Å². The quantitative estimate of drug-likeness (QED) is 0.800. The average Bonchev–Trinajstić information content (AvgIpc) is 2.35. The lowest BCUT2D eigenvalue weighted by molar-refractivity contribution is -0.145. The summed E-state index contributed by atoms with van der Waals surface area (Å²) >= 11 is 0. The third-order valence-corrected chi connectivity index (χ3v) is 2.72. The van der Waals surface area contributed by atoms with Gasteiger partial charge in [0.1, 0.15) is 11.3 Å². The molecular formula is C15H21NO4. The van der Waals surface area contributed by atoms with Crippen molar-refractivity contribution < 1.29 is 19.4 Å². The van der Waals surface area contributed by atoms with Gasteiger partial charge in [-0.15, -0.1) is 0 Å². The number of hydrogen-bond donors (Lipinski definition) is 2.